The molecule has 0 aliphatic carbocycles. The highest BCUT2D eigenvalue weighted by atomic mass is 35.5. The Bertz CT molecular complexity index is 307. The first-order chi connectivity index (χ1) is 7.36. The van der Waals surface area contributed by atoms with Gasteiger partial charge >= 0.3 is 0 Å². The second-order valence-corrected chi connectivity index (χ2v) is 3.81. The number of aromatic amines is 1. The van der Waals surface area contributed by atoms with Gasteiger partial charge in [0.1, 0.15) is 5.69 Å². The van der Waals surface area contributed by atoms with Gasteiger partial charge in [0.25, 0.3) is 5.91 Å². The maximum atomic E-state index is 11.7. The smallest absolute Gasteiger partial charge is 0.283 e. The molecule has 2 rings (SSSR count). The van der Waals surface area contributed by atoms with Gasteiger partial charge in [-0.05, 0) is 18.9 Å². The Labute approximate surface area is 101 Å². The summed E-state index contributed by atoms with van der Waals surface area (Å²) in [7, 11) is 0. The number of halogens is 1. The zero-order valence-electron chi connectivity index (χ0n) is 9.11. The number of carbonyl (C=O) groups is 1. The molecular formula is C10H17ClN4O. The van der Waals surface area contributed by atoms with Gasteiger partial charge in [-0.1, -0.05) is 12.8 Å². The normalized spacial score (nSPS) is 17.2. The van der Waals surface area contributed by atoms with Crippen LogP contribution in [0.25, 0.3) is 0 Å². The summed E-state index contributed by atoms with van der Waals surface area (Å²) in [6.45, 7) is 1.89. The van der Waals surface area contributed by atoms with E-state index in [0.29, 0.717) is 5.69 Å². The summed E-state index contributed by atoms with van der Waals surface area (Å²) in [5.74, 6) is -0.102. The Morgan fingerprint density at radius 1 is 1.31 bits per heavy atom. The fourth-order valence-corrected chi connectivity index (χ4v) is 1.77. The molecule has 1 fully saturated rings. The van der Waals surface area contributed by atoms with Crippen LogP contribution in [0.4, 0.5) is 0 Å². The second kappa shape index (κ2) is 6.50. The van der Waals surface area contributed by atoms with E-state index in [1.165, 1.54) is 12.8 Å². The number of hydrazine groups is 1. The lowest BCUT2D eigenvalue weighted by Crippen LogP contribution is -2.42. The van der Waals surface area contributed by atoms with Crippen LogP contribution in [-0.2, 0) is 0 Å². The van der Waals surface area contributed by atoms with Crippen molar-refractivity contribution in [1.82, 2.24) is 20.6 Å². The maximum absolute atomic E-state index is 11.7. The molecule has 0 atom stereocenters. The van der Waals surface area contributed by atoms with E-state index in [2.05, 4.69) is 15.6 Å². The number of amides is 1. The molecule has 90 valence electrons. The van der Waals surface area contributed by atoms with E-state index in [-0.39, 0.29) is 18.3 Å². The lowest BCUT2D eigenvalue weighted by Gasteiger charge is -2.20. The molecule has 0 bridgehead atoms. The number of H-pyrrole nitrogens is 1. The van der Waals surface area contributed by atoms with Crippen molar-refractivity contribution in [3.05, 3.63) is 18.0 Å². The van der Waals surface area contributed by atoms with Crippen LogP contribution in [0.1, 0.15) is 36.2 Å². The molecular weight excluding hydrogens is 228 g/mol. The molecule has 2 heterocycles. The minimum Gasteiger partial charge on any atom is -0.283 e. The Balaban J connectivity index is 0.00000128. The van der Waals surface area contributed by atoms with Crippen molar-refractivity contribution in [2.24, 2.45) is 0 Å². The molecule has 6 heteroatoms. The highest BCUT2D eigenvalue weighted by molar-refractivity contribution is 5.91. The van der Waals surface area contributed by atoms with Gasteiger partial charge in [-0.15, -0.1) is 12.4 Å². The molecule has 16 heavy (non-hydrogen) atoms. The summed E-state index contributed by atoms with van der Waals surface area (Å²) in [4.78, 5) is 11.7. The first-order valence-corrected chi connectivity index (χ1v) is 5.41. The number of hydrogen-bond acceptors (Lipinski definition) is 3. The summed E-state index contributed by atoms with van der Waals surface area (Å²) in [5.41, 5.74) is 3.40. The standard InChI is InChI=1S/C10H16N4O.ClH/c15-10(9-5-6-11-12-9)13-14-7-3-1-2-4-8-14;/h5-6H,1-4,7-8H2,(H,11,12)(H,13,15);1H. The predicted octanol–water partition coefficient (Wildman–Crippen LogP) is 1.35. The molecule has 0 unspecified atom stereocenters. The van der Waals surface area contributed by atoms with E-state index in [4.69, 9.17) is 0 Å². The molecule has 0 spiro atoms. The molecule has 1 saturated heterocycles. The first-order valence-electron chi connectivity index (χ1n) is 5.41. The third-order valence-corrected chi connectivity index (χ3v) is 2.61. The third-order valence-electron chi connectivity index (χ3n) is 2.61. The zero-order valence-corrected chi connectivity index (χ0v) is 9.92. The van der Waals surface area contributed by atoms with Crippen LogP contribution in [-0.4, -0.2) is 34.2 Å². The van der Waals surface area contributed by atoms with Gasteiger partial charge in [0.05, 0.1) is 0 Å². The van der Waals surface area contributed by atoms with E-state index >= 15 is 0 Å². The molecule has 5 nitrogen and oxygen atoms in total. The van der Waals surface area contributed by atoms with Gasteiger partial charge in [0.15, 0.2) is 0 Å². The van der Waals surface area contributed by atoms with Gasteiger partial charge < -0.3 is 0 Å². The van der Waals surface area contributed by atoms with E-state index in [0.717, 1.165) is 25.9 Å². The molecule has 1 aromatic heterocycles. The number of aromatic nitrogens is 2. The lowest BCUT2D eigenvalue weighted by molar-refractivity contribution is 0.0789. The van der Waals surface area contributed by atoms with Crippen molar-refractivity contribution < 1.29 is 4.79 Å². The van der Waals surface area contributed by atoms with Crippen molar-refractivity contribution in [2.75, 3.05) is 13.1 Å². The number of carbonyl (C=O) groups excluding carboxylic acids is 1. The fraction of sp³-hybridized carbons (Fsp3) is 0.600. The van der Waals surface area contributed by atoms with E-state index in [1.54, 1.807) is 12.3 Å². The van der Waals surface area contributed by atoms with Crippen molar-refractivity contribution in [3.63, 3.8) is 0 Å². The largest absolute Gasteiger partial charge is 0.283 e. The molecule has 0 radical (unpaired) electrons. The Morgan fingerprint density at radius 3 is 2.56 bits per heavy atom. The van der Waals surface area contributed by atoms with Crippen molar-refractivity contribution >= 4 is 18.3 Å². The van der Waals surface area contributed by atoms with Crippen molar-refractivity contribution in [3.8, 4) is 0 Å². The molecule has 0 saturated carbocycles. The van der Waals surface area contributed by atoms with Crippen molar-refractivity contribution in [2.45, 2.75) is 25.7 Å². The van der Waals surface area contributed by atoms with E-state index < -0.39 is 0 Å². The molecule has 2 N–H and O–H groups in total. The summed E-state index contributed by atoms with van der Waals surface area (Å²) in [5, 5.41) is 8.40. The molecule has 1 amide bonds. The van der Waals surface area contributed by atoms with E-state index in [9.17, 15) is 4.79 Å². The van der Waals surface area contributed by atoms with Crippen LogP contribution in [0.2, 0.25) is 0 Å². The van der Waals surface area contributed by atoms with Crippen LogP contribution in [0.5, 0.6) is 0 Å². The maximum Gasteiger partial charge on any atom is 0.283 e. The number of hydrogen-bond donors (Lipinski definition) is 2. The second-order valence-electron chi connectivity index (χ2n) is 3.81. The predicted molar refractivity (Wildman–Crippen MR) is 63.3 cm³/mol. The summed E-state index contributed by atoms with van der Waals surface area (Å²) < 4.78 is 0. The van der Waals surface area contributed by atoms with Gasteiger partial charge in [0.2, 0.25) is 0 Å². The average Bonchev–Trinajstić information content (AvgIpc) is 2.65. The fourth-order valence-electron chi connectivity index (χ4n) is 1.77. The highest BCUT2D eigenvalue weighted by Gasteiger charge is 2.13. The van der Waals surface area contributed by atoms with Crippen molar-refractivity contribution in [1.29, 1.82) is 0 Å². The summed E-state index contributed by atoms with van der Waals surface area (Å²) in [6, 6.07) is 1.67. The van der Waals surface area contributed by atoms with Crippen LogP contribution in [0, 0.1) is 0 Å². The van der Waals surface area contributed by atoms with Crippen LogP contribution < -0.4 is 5.43 Å². The first kappa shape index (κ1) is 13.0. The van der Waals surface area contributed by atoms with E-state index in [1.807, 2.05) is 5.01 Å². The summed E-state index contributed by atoms with van der Waals surface area (Å²) >= 11 is 0. The highest BCUT2D eigenvalue weighted by Crippen LogP contribution is 2.07. The van der Waals surface area contributed by atoms with Crippen LogP contribution >= 0.6 is 12.4 Å². The Kier molecular flexibility index (Phi) is 5.28. The Hall–Kier alpha value is -1.07. The lowest BCUT2D eigenvalue weighted by atomic mass is 10.2. The molecule has 0 aromatic carbocycles. The zero-order chi connectivity index (χ0) is 10.5. The minimum atomic E-state index is -0.102. The number of rotatable bonds is 2. The molecule has 1 aliphatic rings. The number of nitrogens with zero attached hydrogens (tertiary/aromatic N) is 2. The van der Waals surface area contributed by atoms with Gasteiger partial charge in [-0.2, -0.15) is 5.10 Å². The summed E-state index contributed by atoms with van der Waals surface area (Å²) in [6.07, 6.45) is 6.41. The third kappa shape index (κ3) is 3.50. The number of nitrogens with one attached hydrogen (secondary N) is 2. The SMILES string of the molecule is Cl.O=C(NN1CCCCCC1)c1ccn[nH]1. The quantitative estimate of drug-likeness (QED) is 0.826. The van der Waals surface area contributed by atoms with Crippen LogP contribution in [0.15, 0.2) is 12.3 Å². The van der Waals surface area contributed by atoms with Gasteiger partial charge in [-0.25, -0.2) is 5.01 Å². The molecule has 1 aromatic rings. The molecule has 1 aliphatic heterocycles. The van der Waals surface area contributed by atoms with Gasteiger partial charge in [0, 0.05) is 19.3 Å². The topological polar surface area (TPSA) is 61.0 Å². The average molecular weight is 245 g/mol. The van der Waals surface area contributed by atoms with Crippen LogP contribution in [0.3, 0.4) is 0 Å². The monoisotopic (exact) mass is 244 g/mol. The van der Waals surface area contributed by atoms with Gasteiger partial charge in [-0.3, -0.25) is 15.3 Å². The Morgan fingerprint density at radius 2 is 2.00 bits per heavy atom. The minimum absolute atomic E-state index is 0.